The van der Waals surface area contributed by atoms with Crippen LogP contribution in [0, 0.1) is 6.92 Å². The van der Waals surface area contributed by atoms with Crippen LogP contribution in [0.4, 0.5) is 5.69 Å². The third-order valence-electron chi connectivity index (χ3n) is 4.61. The summed E-state index contributed by atoms with van der Waals surface area (Å²) in [5.41, 5.74) is 6.59. The fraction of sp³-hybridized carbons (Fsp3) is 0.350. The van der Waals surface area contributed by atoms with Crippen LogP contribution in [0.15, 0.2) is 42.5 Å². The van der Waals surface area contributed by atoms with Crippen molar-refractivity contribution in [3.63, 3.8) is 0 Å². The molecule has 1 aliphatic rings. The molecule has 0 aromatic heterocycles. The van der Waals surface area contributed by atoms with Crippen LogP contribution in [0.1, 0.15) is 48.1 Å². The summed E-state index contributed by atoms with van der Waals surface area (Å²) in [5, 5.41) is 7.36. The Balaban J connectivity index is 1.65. The van der Waals surface area contributed by atoms with Crippen LogP contribution in [0.25, 0.3) is 0 Å². The predicted molar refractivity (Wildman–Crippen MR) is 102 cm³/mol. The third kappa shape index (κ3) is 3.91. The molecule has 0 amide bonds. The number of nitrogens with one attached hydrogen (secondary N) is 2. The van der Waals surface area contributed by atoms with E-state index in [2.05, 4.69) is 48.7 Å². The van der Waals surface area contributed by atoms with Crippen LogP contribution < -0.4 is 10.6 Å². The van der Waals surface area contributed by atoms with Gasteiger partial charge in [0.2, 0.25) is 0 Å². The molecule has 2 aromatic rings. The second-order valence-electron chi connectivity index (χ2n) is 6.37. The lowest BCUT2D eigenvalue weighted by atomic mass is 9.89. The number of anilines is 1. The summed E-state index contributed by atoms with van der Waals surface area (Å²) in [7, 11) is 0. The second kappa shape index (κ2) is 7.14. The summed E-state index contributed by atoms with van der Waals surface area (Å²) in [6.07, 6.45) is 5.07. The first-order valence-electron chi connectivity index (χ1n) is 8.38. The van der Waals surface area contributed by atoms with Gasteiger partial charge >= 0.3 is 0 Å². The minimum Gasteiger partial charge on any atom is -0.356 e. The van der Waals surface area contributed by atoms with Crippen LogP contribution >= 0.6 is 12.2 Å². The van der Waals surface area contributed by atoms with Gasteiger partial charge in [0, 0.05) is 5.69 Å². The molecule has 3 heteroatoms. The lowest BCUT2D eigenvalue weighted by Gasteiger charge is -2.21. The van der Waals surface area contributed by atoms with E-state index < -0.39 is 0 Å². The van der Waals surface area contributed by atoms with Crippen molar-refractivity contribution in [3.8, 4) is 0 Å². The topological polar surface area (TPSA) is 24.1 Å². The highest BCUT2D eigenvalue weighted by Gasteiger charge is 2.13. The fourth-order valence-electron chi connectivity index (χ4n) is 3.17. The molecular weight excluding hydrogens is 300 g/mol. The Hall–Kier alpha value is -1.87. The van der Waals surface area contributed by atoms with Crippen molar-refractivity contribution < 1.29 is 0 Å². The van der Waals surface area contributed by atoms with Gasteiger partial charge < -0.3 is 10.6 Å². The summed E-state index contributed by atoms with van der Waals surface area (Å²) in [4.78, 5) is 0. The average Bonchev–Trinajstić information content (AvgIpc) is 2.56. The van der Waals surface area contributed by atoms with Crippen molar-refractivity contribution in [2.75, 3.05) is 5.32 Å². The zero-order valence-electron chi connectivity index (χ0n) is 13.9. The third-order valence-corrected chi connectivity index (χ3v) is 4.83. The molecule has 3 rings (SSSR count). The molecule has 0 spiro atoms. The zero-order chi connectivity index (χ0) is 16.2. The molecule has 0 fully saturated rings. The minimum atomic E-state index is 0.200. The number of hydrogen-bond donors (Lipinski definition) is 2. The summed E-state index contributed by atoms with van der Waals surface area (Å²) < 4.78 is 0. The van der Waals surface area contributed by atoms with Gasteiger partial charge in [0.05, 0.1) is 6.04 Å². The van der Waals surface area contributed by atoms with Gasteiger partial charge in [0.1, 0.15) is 0 Å². The molecule has 0 aliphatic heterocycles. The van der Waals surface area contributed by atoms with E-state index >= 15 is 0 Å². The molecule has 2 nitrogen and oxygen atoms in total. The minimum absolute atomic E-state index is 0.200. The van der Waals surface area contributed by atoms with Gasteiger partial charge in [-0.3, -0.25) is 0 Å². The van der Waals surface area contributed by atoms with Crippen LogP contribution in [0.5, 0.6) is 0 Å². The van der Waals surface area contributed by atoms with Crippen molar-refractivity contribution in [2.24, 2.45) is 0 Å². The Morgan fingerprint density at radius 2 is 1.78 bits per heavy atom. The van der Waals surface area contributed by atoms with E-state index in [-0.39, 0.29) is 6.04 Å². The Bertz CT molecular complexity index is 709. The summed E-state index contributed by atoms with van der Waals surface area (Å²) in [6, 6.07) is 15.3. The standard InChI is InChI=1S/C20H24N2S/c1-14-7-3-6-10-19(14)22-20(23)21-15(2)17-12-11-16-8-4-5-9-18(16)13-17/h3,6-7,10-13,15H,4-5,8-9H2,1-2H3,(H2,21,22,23)/t15-/m0/s1. The molecule has 2 N–H and O–H groups in total. The van der Waals surface area contributed by atoms with Crippen LogP contribution in [0.3, 0.4) is 0 Å². The first kappa shape index (κ1) is 16.0. The van der Waals surface area contributed by atoms with Crippen LogP contribution in [-0.2, 0) is 12.8 Å². The highest BCUT2D eigenvalue weighted by Crippen LogP contribution is 2.25. The molecule has 120 valence electrons. The number of para-hydroxylation sites is 1. The SMILES string of the molecule is Cc1ccccc1NC(=S)N[C@@H](C)c1ccc2c(c1)CCCC2. The monoisotopic (exact) mass is 324 g/mol. The highest BCUT2D eigenvalue weighted by molar-refractivity contribution is 7.80. The Morgan fingerprint density at radius 1 is 1.04 bits per heavy atom. The molecular formula is C20H24N2S. The van der Waals surface area contributed by atoms with Crippen LogP contribution in [-0.4, -0.2) is 5.11 Å². The van der Waals surface area contributed by atoms with Gasteiger partial charge in [-0.1, -0.05) is 36.4 Å². The number of thiocarbonyl (C=S) groups is 1. The largest absolute Gasteiger partial charge is 0.356 e. The van der Waals surface area contributed by atoms with Gasteiger partial charge in [-0.15, -0.1) is 0 Å². The van der Waals surface area contributed by atoms with E-state index in [9.17, 15) is 0 Å². The Morgan fingerprint density at radius 3 is 2.57 bits per heavy atom. The average molecular weight is 324 g/mol. The Kier molecular flexibility index (Phi) is 4.97. The van der Waals surface area contributed by atoms with Gasteiger partial charge in [0.15, 0.2) is 5.11 Å². The molecule has 0 radical (unpaired) electrons. The lowest BCUT2D eigenvalue weighted by Crippen LogP contribution is -2.31. The number of fused-ring (bicyclic) bond motifs is 1. The van der Waals surface area contributed by atoms with Crippen LogP contribution in [0.2, 0.25) is 0 Å². The number of rotatable bonds is 3. The number of hydrogen-bond acceptors (Lipinski definition) is 1. The molecule has 1 aliphatic carbocycles. The number of aryl methyl sites for hydroxylation is 3. The normalized spacial score (nSPS) is 14.7. The van der Waals surface area contributed by atoms with Crippen molar-refractivity contribution in [1.82, 2.24) is 5.32 Å². The number of benzene rings is 2. The molecule has 0 saturated carbocycles. The first-order chi connectivity index (χ1) is 11.1. The molecule has 23 heavy (non-hydrogen) atoms. The van der Waals surface area contributed by atoms with E-state index in [0.717, 1.165) is 5.69 Å². The molecule has 1 atom stereocenters. The van der Waals surface area contributed by atoms with Crippen molar-refractivity contribution in [2.45, 2.75) is 45.6 Å². The first-order valence-corrected chi connectivity index (χ1v) is 8.79. The zero-order valence-corrected chi connectivity index (χ0v) is 14.7. The van der Waals surface area contributed by atoms with Gasteiger partial charge in [0.25, 0.3) is 0 Å². The lowest BCUT2D eigenvalue weighted by molar-refractivity contribution is 0.675. The smallest absolute Gasteiger partial charge is 0.171 e. The highest BCUT2D eigenvalue weighted by atomic mass is 32.1. The van der Waals surface area contributed by atoms with E-state index in [1.807, 2.05) is 18.2 Å². The van der Waals surface area contributed by atoms with E-state index in [1.54, 1.807) is 0 Å². The van der Waals surface area contributed by atoms with Gasteiger partial charge in [-0.05, 0) is 80.1 Å². The van der Waals surface area contributed by atoms with Gasteiger partial charge in [-0.25, -0.2) is 0 Å². The van der Waals surface area contributed by atoms with Crippen molar-refractivity contribution in [1.29, 1.82) is 0 Å². The molecule has 2 aromatic carbocycles. The molecule has 0 bridgehead atoms. The maximum atomic E-state index is 5.47. The summed E-state index contributed by atoms with van der Waals surface area (Å²) >= 11 is 5.47. The second-order valence-corrected chi connectivity index (χ2v) is 6.78. The summed E-state index contributed by atoms with van der Waals surface area (Å²) in [5.74, 6) is 0. The van der Waals surface area contributed by atoms with Crippen molar-refractivity contribution in [3.05, 3.63) is 64.7 Å². The molecule has 0 saturated heterocycles. The molecule has 0 unspecified atom stereocenters. The molecule has 0 heterocycles. The van der Waals surface area contributed by atoms with E-state index in [1.165, 1.54) is 47.9 Å². The maximum absolute atomic E-state index is 5.47. The maximum Gasteiger partial charge on any atom is 0.171 e. The predicted octanol–water partition coefficient (Wildman–Crippen LogP) is 4.92. The summed E-state index contributed by atoms with van der Waals surface area (Å²) in [6.45, 7) is 4.24. The van der Waals surface area contributed by atoms with Crippen molar-refractivity contribution >= 4 is 23.0 Å². The van der Waals surface area contributed by atoms with E-state index in [4.69, 9.17) is 12.2 Å². The van der Waals surface area contributed by atoms with Gasteiger partial charge in [-0.2, -0.15) is 0 Å². The Labute approximate surface area is 144 Å². The van der Waals surface area contributed by atoms with E-state index in [0.29, 0.717) is 5.11 Å². The quantitative estimate of drug-likeness (QED) is 0.784. The fourth-order valence-corrected chi connectivity index (χ4v) is 3.46.